The standard InChI is InChI=1S/C8H16NO4P.C2Cl2O2/c1-3-12-14(11,13-4-2)7-5-6-9-8(7)10;3-1(5)2(4)6/h7H,3-6H2,1-2H3,(H,9,10);. The maximum absolute atomic E-state index is 12.1. The number of amides is 1. The Morgan fingerprint density at radius 1 is 1.25 bits per heavy atom. The van der Waals surface area contributed by atoms with E-state index in [1.54, 1.807) is 13.8 Å². The molecule has 10 heteroatoms. The van der Waals surface area contributed by atoms with Crippen molar-refractivity contribution >= 4 is 47.2 Å². The average molecular weight is 348 g/mol. The molecule has 1 N–H and O–H groups in total. The molecule has 0 aliphatic carbocycles. The lowest BCUT2D eigenvalue weighted by Gasteiger charge is -2.20. The molecule has 1 aliphatic rings. The highest BCUT2D eigenvalue weighted by molar-refractivity contribution is 7.55. The molecule has 0 aromatic rings. The van der Waals surface area contributed by atoms with Crippen molar-refractivity contribution in [2.24, 2.45) is 0 Å². The summed E-state index contributed by atoms with van der Waals surface area (Å²) in [5.41, 5.74) is -0.623. The van der Waals surface area contributed by atoms with Gasteiger partial charge in [0.05, 0.1) is 13.2 Å². The number of nitrogens with one attached hydrogen (secondary N) is 1. The second-order valence-corrected chi connectivity index (χ2v) is 6.42. The van der Waals surface area contributed by atoms with Crippen LogP contribution in [0.5, 0.6) is 0 Å². The molecule has 0 aromatic heterocycles. The first-order valence-electron chi connectivity index (χ1n) is 5.84. The van der Waals surface area contributed by atoms with Gasteiger partial charge in [-0.2, -0.15) is 0 Å². The summed E-state index contributed by atoms with van der Waals surface area (Å²) < 4.78 is 22.3. The number of carbonyl (C=O) groups is 3. The largest absolute Gasteiger partial charge is 0.355 e. The third kappa shape index (κ3) is 6.33. The summed E-state index contributed by atoms with van der Waals surface area (Å²) in [5, 5.41) is 0.337. The van der Waals surface area contributed by atoms with Crippen LogP contribution in [0.25, 0.3) is 0 Å². The van der Waals surface area contributed by atoms with Gasteiger partial charge in [-0.25, -0.2) is 0 Å². The van der Waals surface area contributed by atoms with Crippen LogP contribution in [0.1, 0.15) is 20.3 Å². The lowest BCUT2D eigenvalue weighted by Crippen LogP contribution is -2.24. The first kappa shape index (κ1) is 19.5. The molecule has 1 rings (SSSR count). The van der Waals surface area contributed by atoms with E-state index in [-0.39, 0.29) is 5.91 Å². The quantitative estimate of drug-likeness (QED) is 0.445. The fourth-order valence-corrected chi connectivity index (χ4v) is 3.44. The maximum atomic E-state index is 12.1. The van der Waals surface area contributed by atoms with Gasteiger partial charge in [0.1, 0.15) is 5.66 Å². The predicted octanol–water partition coefficient (Wildman–Crippen LogP) is 1.66. The van der Waals surface area contributed by atoms with Gasteiger partial charge in [0.2, 0.25) is 5.91 Å². The van der Waals surface area contributed by atoms with Gasteiger partial charge < -0.3 is 14.4 Å². The molecule has 20 heavy (non-hydrogen) atoms. The third-order valence-electron chi connectivity index (χ3n) is 2.17. The van der Waals surface area contributed by atoms with E-state index in [4.69, 9.17) is 9.05 Å². The lowest BCUT2D eigenvalue weighted by molar-refractivity contribution is -0.127. The van der Waals surface area contributed by atoms with Crippen LogP contribution >= 0.6 is 30.8 Å². The monoisotopic (exact) mass is 347 g/mol. The molecule has 1 unspecified atom stereocenters. The lowest BCUT2D eigenvalue weighted by atomic mass is 10.4. The molecule has 1 atom stereocenters. The number of halogens is 2. The summed E-state index contributed by atoms with van der Waals surface area (Å²) in [5.74, 6) is -0.227. The van der Waals surface area contributed by atoms with Crippen LogP contribution in [0.15, 0.2) is 0 Å². The van der Waals surface area contributed by atoms with Gasteiger partial charge >= 0.3 is 18.1 Å². The van der Waals surface area contributed by atoms with E-state index in [0.29, 0.717) is 26.2 Å². The second kappa shape index (κ2) is 9.47. The van der Waals surface area contributed by atoms with E-state index in [0.717, 1.165) is 0 Å². The summed E-state index contributed by atoms with van der Waals surface area (Å²) in [7, 11) is -3.24. The molecular formula is C10H16Cl2NO6P. The average Bonchev–Trinajstić information content (AvgIpc) is 2.77. The molecule has 0 saturated carbocycles. The summed E-state index contributed by atoms with van der Waals surface area (Å²) >= 11 is 8.98. The van der Waals surface area contributed by atoms with Gasteiger partial charge in [-0.05, 0) is 43.5 Å². The van der Waals surface area contributed by atoms with Crippen molar-refractivity contribution in [3.8, 4) is 0 Å². The Morgan fingerprint density at radius 3 is 1.95 bits per heavy atom. The van der Waals surface area contributed by atoms with E-state index >= 15 is 0 Å². The highest BCUT2D eigenvalue weighted by atomic mass is 35.5. The van der Waals surface area contributed by atoms with Gasteiger partial charge in [0.15, 0.2) is 0 Å². The highest BCUT2D eigenvalue weighted by Gasteiger charge is 2.43. The van der Waals surface area contributed by atoms with Gasteiger partial charge in [0.25, 0.3) is 0 Å². The van der Waals surface area contributed by atoms with Gasteiger partial charge in [-0.15, -0.1) is 0 Å². The van der Waals surface area contributed by atoms with Crippen molar-refractivity contribution < 1.29 is 28.0 Å². The van der Waals surface area contributed by atoms with Crippen LogP contribution in [0.4, 0.5) is 0 Å². The Bertz CT molecular complexity index is 395. The van der Waals surface area contributed by atoms with E-state index in [2.05, 4.69) is 28.5 Å². The molecular weight excluding hydrogens is 332 g/mol. The number of rotatable bonds is 6. The zero-order valence-corrected chi connectivity index (χ0v) is 13.5. The molecule has 1 heterocycles. The molecule has 1 fully saturated rings. The molecule has 0 aromatic carbocycles. The normalized spacial score (nSPS) is 18.0. The Balaban J connectivity index is 0.000000511. The first-order chi connectivity index (χ1) is 9.28. The third-order valence-corrected chi connectivity index (χ3v) is 5.11. The maximum Gasteiger partial charge on any atom is 0.343 e. The minimum Gasteiger partial charge on any atom is -0.355 e. The molecule has 116 valence electrons. The summed E-state index contributed by atoms with van der Waals surface area (Å²) in [6, 6.07) is 0. The zero-order valence-electron chi connectivity index (χ0n) is 11.1. The van der Waals surface area contributed by atoms with Crippen molar-refractivity contribution in [2.75, 3.05) is 19.8 Å². The van der Waals surface area contributed by atoms with Gasteiger partial charge in [-0.1, -0.05) is 0 Å². The highest BCUT2D eigenvalue weighted by Crippen LogP contribution is 2.55. The Labute approximate surface area is 126 Å². The van der Waals surface area contributed by atoms with Crippen molar-refractivity contribution in [2.45, 2.75) is 25.9 Å². The first-order valence-corrected chi connectivity index (χ1v) is 8.21. The fraction of sp³-hybridized carbons (Fsp3) is 0.700. The smallest absolute Gasteiger partial charge is 0.343 e. The molecule has 0 bridgehead atoms. The topological polar surface area (TPSA) is 98.8 Å². The molecule has 1 aliphatic heterocycles. The number of hydrogen-bond acceptors (Lipinski definition) is 6. The minimum atomic E-state index is -3.24. The van der Waals surface area contributed by atoms with Crippen molar-refractivity contribution in [3.05, 3.63) is 0 Å². The predicted molar refractivity (Wildman–Crippen MR) is 74.0 cm³/mol. The van der Waals surface area contributed by atoms with Crippen molar-refractivity contribution in [1.82, 2.24) is 5.32 Å². The van der Waals surface area contributed by atoms with Crippen LogP contribution in [0.3, 0.4) is 0 Å². The van der Waals surface area contributed by atoms with Gasteiger partial charge in [0, 0.05) is 6.54 Å². The van der Waals surface area contributed by atoms with Gasteiger partial charge in [-0.3, -0.25) is 18.9 Å². The van der Waals surface area contributed by atoms with Crippen molar-refractivity contribution in [3.63, 3.8) is 0 Å². The Kier molecular flexibility index (Phi) is 9.25. The van der Waals surface area contributed by atoms with Crippen molar-refractivity contribution in [1.29, 1.82) is 0 Å². The van der Waals surface area contributed by atoms with Crippen LogP contribution in [-0.4, -0.2) is 41.8 Å². The fourth-order valence-electron chi connectivity index (χ4n) is 1.46. The molecule has 1 amide bonds. The Hall–Kier alpha value is -0.460. The Morgan fingerprint density at radius 2 is 1.70 bits per heavy atom. The summed E-state index contributed by atoms with van der Waals surface area (Å²) in [4.78, 5) is 30.2. The molecule has 1 saturated heterocycles. The van der Waals surface area contributed by atoms with E-state index in [9.17, 15) is 18.9 Å². The molecule has 0 spiro atoms. The zero-order chi connectivity index (χ0) is 15.8. The summed E-state index contributed by atoms with van der Waals surface area (Å²) in [6.07, 6.45) is 0.524. The number of carbonyl (C=O) groups excluding carboxylic acids is 3. The van der Waals surface area contributed by atoms with E-state index in [1.807, 2.05) is 0 Å². The molecule has 7 nitrogen and oxygen atoms in total. The van der Waals surface area contributed by atoms with E-state index < -0.39 is 23.7 Å². The summed E-state index contributed by atoms with van der Waals surface area (Å²) in [6.45, 7) is 4.60. The minimum absolute atomic E-state index is 0.227. The van der Waals surface area contributed by atoms with Crippen LogP contribution in [0, 0.1) is 0 Å². The van der Waals surface area contributed by atoms with E-state index in [1.165, 1.54) is 0 Å². The SMILES string of the molecule is CCOP(=O)(OCC)C1CCNC1=O.O=C(Cl)C(=O)Cl. The van der Waals surface area contributed by atoms with Crippen LogP contribution < -0.4 is 5.32 Å². The van der Waals surface area contributed by atoms with Crippen LogP contribution in [-0.2, 0) is 28.0 Å². The van der Waals surface area contributed by atoms with Crippen LogP contribution in [0.2, 0.25) is 0 Å². The number of hydrogen-bond donors (Lipinski definition) is 1. The second-order valence-electron chi connectivity index (χ2n) is 3.52. The molecule has 0 radical (unpaired) electrons.